The van der Waals surface area contributed by atoms with E-state index in [1.54, 1.807) is 0 Å². The van der Waals surface area contributed by atoms with Crippen LogP contribution in [-0.4, -0.2) is 76.2 Å². The van der Waals surface area contributed by atoms with Crippen molar-refractivity contribution >= 4 is 11.7 Å². The topological polar surface area (TPSA) is 76.4 Å². The minimum atomic E-state index is -0.866. The third kappa shape index (κ3) is 4.05. The van der Waals surface area contributed by atoms with Crippen molar-refractivity contribution in [3.8, 4) is 11.1 Å². The van der Waals surface area contributed by atoms with Gasteiger partial charge in [-0.25, -0.2) is 0 Å². The van der Waals surface area contributed by atoms with Gasteiger partial charge in [-0.05, 0) is 86.2 Å². The zero-order chi connectivity index (χ0) is 32.9. The van der Waals surface area contributed by atoms with Crippen LogP contribution < -0.4 is 0 Å². The molecule has 2 spiro atoms. The summed E-state index contributed by atoms with van der Waals surface area (Å²) >= 11 is 0. The summed E-state index contributed by atoms with van der Waals surface area (Å²) in [5, 5.41) is 24.0. The molecule has 8 atom stereocenters. The van der Waals surface area contributed by atoms with Crippen LogP contribution in [0, 0.1) is 33.5 Å². The first kappa shape index (κ1) is 30.8. The number of rotatable bonds is 5. The number of aliphatic hydroxyl groups excluding tert-OH is 1. The van der Waals surface area contributed by atoms with Gasteiger partial charge in [-0.15, -0.1) is 0 Å². The van der Waals surface area contributed by atoms with Crippen LogP contribution >= 0.6 is 0 Å². The van der Waals surface area contributed by atoms with Gasteiger partial charge in [-0.1, -0.05) is 86.7 Å². The average molecular weight is 646 g/mol. The number of hydrogen-bond donors (Lipinski definition) is 2. The molecule has 1 saturated heterocycles. The summed E-state index contributed by atoms with van der Waals surface area (Å²) in [4.78, 5) is 24.8. The second-order valence-electron chi connectivity index (χ2n) is 16.9. The van der Waals surface area contributed by atoms with Gasteiger partial charge in [0, 0.05) is 53.6 Å². The van der Waals surface area contributed by atoms with Crippen LogP contribution in [0.25, 0.3) is 11.1 Å². The highest BCUT2D eigenvalue weighted by molar-refractivity contribution is 6.10. The van der Waals surface area contributed by atoms with E-state index in [-0.39, 0.29) is 34.1 Å². The minimum Gasteiger partial charge on any atom is -0.393 e. The van der Waals surface area contributed by atoms with E-state index in [0.29, 0.717) is 18.9 Å². The molecule has 6 heteroatoms. The fourth-order valence-corrected chi connectivity index (χ4v) is 12.4. The quantitative estimate of drug-likeness (QED) is 0.274. The smallest absolute Gasteiger partial charge is 0.196 e. The monoisotopic (exact) mass is 645 g/mol. The Bertz CT molecular complexity index is 1720. The summed E-state index contributed by atoms with van der Waals surface area (Å²) in [5.74, 6) is 1.65. The lowest BCUT2D eigenvalue weighted by Gasteiger charge is -2.71. The fraction of sp³-hybridized carbons (Fsp3) is 0.571. The number of hydrogen-bond acceptors (Lipinski definition) is 6. The van der Waals surface area contributed by atoms with E-state index in [2.05, 4.69) is 66.1 Å². The van der Waals surface area contributed by atoms with Crippen LogP contribution in [-0.2, 0) is 0 Å². The first-order valence-electron chi connectivity index (χ1n) is 18.7. The third-order valence-electron chi connectivity index (χ3n) is 14.9. The number of β-amino-alcohol motifs (C(OH)–C–C–N with tert-alkyl or cyclic N) is 1. The van der Waals surface area contributed by atoms with E-state index < -0.39 is 11.0 Å². The fourth-order valence-electron chi connectivity index (χ4n) is 12.4. The van der Waals surface area contributed by atoms with E-state index in [9.17, 15) is 10.2 Å². The summed E-state index contributed by atoms with van der Waals surface area (Å²) < 4.78 is 0. The molecule has 6 nitrogen and oxygen atoms in total. The molecule has 10 rings (SSSR count). The lowest BCUT2D eigenvalue weighted by atomic mass is 9.32. The molecule has 0 radical (unpaired) electrons. The number of allylic oxidation sites excluding steroid dienone is 4. The molecule has 2 aromatic carbocycles. The molecule has 0 aromatic heterocycles. The lowest BCUT2D eigenvalue weighted by molar-refractivity contribution is -0.174. The molecule has 4 fully saturated rings. The number of aliphatic imine (C=N–C) groups is 1. The Morgan fingerprint density at radius 1 is 0.854 bits per heavy atom. The highest BCUT2D eigenvalue weighted by Crippen LogP contribution is 2.78. The van der Waals surface area contributed by atoms with Gasteiger partial charge < -0.3 is 20.0 Å². The van der Waals surface area contributed by atoms with E-state index in [1.165, 1.54) is 0 Å². The number of aliphatic hydroxyl groups is 2. The van der Waals surface area contributed by atoms with Crippen molar-refractivity contribution in [2.24, 2.45) is 38.5 Å². The van der Waals surface area contributed by atoms with Crippen molar-refractivity contribution in [1.29, 1.82) is 0 Å². The van der Waals surface area contributed by atoms with Crippen molar-refractivity contribution in [1.82, 2.24) is 9.80 Å². The standard InChI is InChI=1S/C42H51N3O3/c1-38-17-14-32(46)26-40(38)20-21-42(33(27-40)36(47)31-12-10-30(11-13-31)29-8-4-3-5-9-29)34(38)15-18-39(2)35(42)16-19-41(39,48)28-45-25-7-24-44-23-6-22-43-37(44)45/h3-5,8-13,20-21,27,32,34-35,46,48H,6-7,14-19,22-26,28H2,1-2H3. The molecule has 8 aliphatic rings. The Hall–Kier alpha value is -3.22. The normalized spacial score (nSPS) is 41.1. The largest absolute Gasteiger partial charge is 0.393 e. The number of carbonyl (C=O) groups is 1. The van der Waals surface area contributed by atoms with Gasteiger partial charge in [-0.3, -0.25) is 9.79 Å². The van der Waals surface area contributed by atoms with Crippen LogP contribution in [0.4, 0.5) is 0 Å². The van der Waals surface area contributed by atoms with Crippen molar-refractivity contribution in [3.05, 3.63) is 84.0 Å². The minimum absolute atomic E-state index is 0.0336. The molecule has 3 saturated carbocycles. The zero-order valence-electron chi connectivity index (χ0n) is 28.7. The van der Waals surface area contributed by atoms with Crippen molar-refractivity contribution in [2.45, 2.75) is 83.3 Å². The third-order valence-corrected chi connectivity index (χ3v) is 14.9. The summed E-state index contributed by atoms with van der Waals surface area (Å²) in [7, 11) is 0. The maximum atomic E-state index is 15.0. The van der Waals surface area contributed by atoms with Gasteiger partial charge in [0.25, 0.3) is 0 Å². The number of ketones is 1. The van der Waals surface area contributed by atoms with Gasteiger partial charge >= 0.3 is 0 Å². The van der Waals surface area contributed by atoms with Gasteiger partial charge in [0.2, 0.25) is 0 Å². The Labute approximate surface area is 285 Å². The zero-order valence-corrected chi connectivity index (χ0v) is 28.7. The number of nitrogens with zero attached hydrogens (tertiary/aromatic N) is 3. The Balaban J connectivity index is 1.12. The molecule has 2 bridgehead atoms. The number of Topliss-reactive ketones (excluding diaryl/α,β-unsaturated/α-hetero) is 1. The van der Waals surface area contributed by atoms with Crippen LogP contribution in [0.1, 0.15) is 82.0 Å². The van der Waals surface area contributed by atoms with E-state index in [4.69, 9.17) is 4.99 Å². The molecular formula is C42H51N3O3. The molecule has 48 heavy (non-hydrogen) atoms. The van der Waals surface area contributed by atoms with Gasteiger partial charge in [0.15, 0.2) is 11.7 Å². The number of benzene rings is 2. The number of fused-ring (bicyclic) bond motifs is 2. The first-order valence-corrected chi connectivity index (χ1v) is 18.7. The Kier molecular flexibility index (Phi) is 6.83. The molecule has 2 N–H and O–H groups in total. The van der Waals surface area contributed by atoms with Crippen molar-refractivity contribution < 1.29 is 15.0 Å². The SMILES string of the molecule is CC12CCC(O)CC13C=CC1(C(C(=O)c4ccc(-c5ccccc5)cc4)=C3)C2CCC2(C)C1CCC2(O)CN1CCCN2CCCN=C21. The molecular weight excluding hydrogens is 594 g/mol. The maximum absolute atomic E-state index is 15.0. The molecule has 6 aliphatic carbocycles. The number of carbonyl (C=O) groups excluding carboxylic acids is 1. The lowest BCUT2D eigenvalue weighted by Crippen LogP contribution is -2.68. The van der Waals surface area contributed by atoms with Crippen LogP contribution in [0.5, 0.6) is 0 Å². The van der Waals surface area contributed by atoms with Gasteiger partial charge in [-0.2, -0.15) is 0 Å². The molecule has 2 heterocycles. The van der Waals surface area contributed by atoms with Crippen LogP contribution in [0.15, 0.2) is 83.4 Å². The Morgan fingerprint density at radius 3 is 2.38 bits per heavy atom. The highest BCUT2D eigenvalue weighted by atomic mass is 16.3. The van der Waals surface area contributed by atoms with Gasteiger partial charge in [0.05, 0.1) is 18.2 Å². The van der Waals surface area contributed by atoms with Crippen molar-refractivity contribution in [3.63, 3.8) is 0 Å². The summed E-state index contributed by atoms with van der Waals surface area (Å²) in [6.45, 7) is 9.35. The first-order chi connectivity index (χ1) is 23.1. The molecule has 8 unspecified atom stereocenters. The molecule has 2 aliphatic heterocycles. The average Bonchev–Trinajstić information content (AvgIpc) is 3.38. The van der Waals surface area contributed by atoms with E-state index in [1.807, 2.05) is 30.3 Å². The van der Waals surface area contributed by atoms with Crippen LogP contribution in [0.3, 0.4) is 0 Å². The van der Waals surface area contributed by atoms with E-state index >= 15 is 4.79 Å². The predicted molar refractivity (Wildman–Crippen MR) is 189 cm³/mol. The van der Waals surface area contributed by atoms with Crippen LogP contribution in [0.2, 0.25) is 0 Å². The summed E-state index contributed by atoms with van der Waals surface area (Å²) in [6, 6.07) is 18.5. The maximum Gasteiger partial charge on any atom is 0.196 e. The molecule has 0 amide bonds. The second kappa shape index (κ2) is 10.6. The van der Waals surface area contributed by atoms with Crippen molar-refractivity contribution in [2.75, 3.05) is 32.7 Å². The summed E-state index contributed by atoms with van der Waals surface area (Å²) in [6.07, 6.45) is 15.1. The second-order valence-corrected chi connectivity index (χ2v) is 16.9. The highest BCUT2D eigenvalue weighted by Gasteiger charge is 2.74. The van der Waals surface area contributed by atoms with Gasteiger partial charge in [0.1, 0.15) is 0 Å². The molecule has 252 valence electrons. The Morgan fingerprint density at radius 2 is 1.56 bits per heavy atom. The molecule has 2 aromatic rings. The number of guanidine groups is 1. The predicted octanol–water partition coefficient (Wildman–Crippen LogP) is 6.89. The van der Waals surface area contributed by atoms with E-state index in [0.717, 1.165) is 106 Å². The summed E-state index contributed by atoms with van der Waals surface area (Å²) in [5.41, 5.74) is 1.89.